The highest BCUT2D eigenvalue weighted by atomic mass is 32.1. The fourth-order valence-corrected chi connectivity index (χ4v) is 2.15. The van der Waals surface area contributed by atoms with Crippen molar-refractivity contribution in [3.8, 4) is 0 Å². The zero-order valence-electron chi connectivity index (χ0n) is 8.75. The molecule has 0 unspecified atom stereocenters. The Morgan fingerprint density at radius 1 is 1.47 bits per heavy atom. The SMILES string of the molecule is O=c1[nH]c(CNc2nccn3nccc23)cs1. The number of anilines is 1. The average Bonchev–Trinajstić information content (AvgIpc) is 2.94. The van der Waals surface area contributed by atoms with Gasteiger partial charge in [-0.25, -0.2) is 9.50 Å². The van der Waals surface area contributed by atoms with Gasteiger partial charge in [0.05, 0.1) is 12.7 Å². The van der Waals surface area contributed by atoms with Crippen molar-refractivity contribution < 1.29 is 0 Å². The monoisotopic (exact) mass is 247 g/mol. The summed E-state index contributed by atoms with van der Waals surface area (Å²) in [6, 6.07) is 1.88. The number of nitrogens with one attached hydrogen (secondary N) is 2. The molecule has 0 atom stereocenters. The van der Waals surface area contributed by atoms with E-state index in [1.807, 2.05) is 6.07 Å². The largest absolute Gasteiger partial charge is 0.363 e. The Morgan fingerprint density at radius 2 is 2.41 bits per heavy atom. The maximum Gasteiger partial charge on any atom is 0.304 e. The Morgan fingerprint density at radius 3 is 3.24 bits per heavy atom. The van der Waals surface area contributed by atoms with E-state index in [0.29, 0.717) is 6.54 Å². The summed E-state index contributed by atoms with van der Waals surface area (Å²) in [7, 11) is 0. The number of nitrogens with zero attached hydrogens (tertiary/aromatic N) is 3. The van der Waals surface area contributed by atoms with Crippen molar-refractivity contribution >= 4 is 22.7 Å². The molecule has 0 bridgehead atoms. The first-order valence-electron chi connectivity index (χ1n) is 5.02. The summed E-state index contributed by atoms with van der Waals surface area (Å²) in [5, 5.41) is 9.08. The molecular weight excluding hydrogens is 238 g/mol. The number of hydrogen-bond donors (Lipinski definition) is 2. The molecule has 3 rings (SSSR count). The van der Waals surface area contributed by atoms with Crippen molar-refractivity contribution in [1.29, 1.82) is 0 Å². The first-order valence-corrected chi connectivity index (χ1v) is 5.90. The number of aromatic nitrogens is 4. The molecule has 0 aliphatic rings. The highest BCUT2D eigenvalue weighted by Gasteiger charge is 2.03. The van der Waals surface area contributed by atoms with Gasteiger partial charge in [-0.2, -0.15) is 5.10 Å². The summed E-state index contributed by atoms with van der Waals surface area (Å²) < 4.78 is 1.74. The molecule has 0 aliphatic heterocycles. The molecule has 0 amide bonds. The second-order valence-electron chi connectivity index (χ2n) is 3.46. The number of aromatic amines is 1. The van der Waals surface area contributed by atoms with Crippen LogP contribution in [-0.2, 0) is 6.54 Å². The van der Waals surface area contributed by atoms with E-state index in [9.17, 15) is 4.79 Å². The van der Waals surface area contributed by atoms with Crippen LogP contribution in [0.5, 0.6) is 0 Å². The fraction of sp³-hybridized carbons (Fsp3) is 0.100. The number of thiazole rings is 1. The Bertz CT molecular complexity index is 698. The maximum absolute atomic E-state index is 11.0. The highest BCUT2D eigenvalue weighted by Crippen LogP contribution is 2.13. The summed E-state index contributed by atoms with van der Waals surface area (Å²) >= 11 is 1.16. The standard InChI is InChI=1S/C10H9N5OS/c16-10-14-7(6-17-10)5-12-9-8-1-2-13-15(8)4-3-11-9/h1-4,6H,5H2,(H,11,12)(H,14,16). The summed E-state index contributed by atoms with van der Waals surface area (Å²) in [5.41, 5.74) is 1.76. The molecule has 6 nitrogen and oxygen atoms in total. The predicted molar refractivity (Wildman–Crippen MR) is 65.3 cm³/mol. The molecule has 0 saturated carbocycles. The molecule has 86 valence electrons. The van der Waals surface area contributed by atoms with Crippen molar-refractivity contribution in [2.24, 2.45) is 0 Å². The maximum atomic E-state index is 11.0. The minimum atomic E-state index is -0.0441. The van der Waals surface area contributed by atoms with Gasteiger partial charge < -0.3 is 10.3 Å². The first kappa shape index (κ1) is 10.0. The highest BCUT2D eigenvalue weighted by molar-refractivity contribution is 7.07. The van der Waals surface area contributed by atoms with Crippen LogP contribution in [0.4, 0.5) is 5.82 Å². The van der Waals surface area contributed by atoms with Crippen molar-refractivity contribution in [3.63, 3.8) is 0 Å². The normalized spacial score (nSPS) is 10.8. The summed E-state index contributed by atoms with van der Waals surface area (Å²) in [4.78, 5) is 17.9. The molecule has 3 aromatic heterocycles. The van der Waals surface area contributed by atoms with Crippen LogP contribution in [0.3, 0.4) is 0 Å². The van der Waals surface area contributed by atoms with Crippen LogP contribution in [0.15, 0.2) is 34.8 Å². The summed E-state index contributed by atoms with van der Waals surface area (Å²) in [5.74, 6) is 0.747. The smallest absolute Gasteiger partial charge is 0.304 e. The van der Waals surface area contributed by atoms with E-state index < -0.39 is 0 Å². The van der Waals surface area contributed by atoms with E-state index in [-0.39, 0.29) is 4.87 Å². The zero-order valence-corrected chi connectivity index (χ0v) is 9.57. The lowest BCUT2D eigenvalue weighted by atomic mass is 10.4. The van der Waals surface area contributed by atoms with Gasteiger partial charge in [0.1, 0.15) is 5.52 Å². The van der Waals surface area contributed by atoms with Crippen LogP contribution in [0.1, 0.15) is 5.69 Å². The summed E-state index contributed by atoms with van der Waals surface area (Å²) in [6.07, 6.45) is 5.18. The first-order chi connectivity index (χ1) is 8.33. The van der Waals surface area contributed by atoms with Crippen LogP contribution < -0.4 is 10.2 Å². The number of H-pyrrole nitrogens is 1. The van der Waals surface area contributed by atoms with E-state index in [2.05, 4.69) is 20.4 Å². The lowest BCUT2D eigenvalue weighted by Gasteiger charge is -2.04. The van der Waals surface area contributed by atoms with E-state index in [4.69, 9.17) is 0 Å². The second kappa shape index (κ2) is 4.02. The average molecular weight is 247 g/mol. The molecule has 17 heavy (non-hydrogen) atoms. The van der Waals surface area contributed by atoms with E-state index in [1.54, 1.807) is 28.5 Å². The Hall–Kier alpha value is -2.15. The van der Waals surface area contributed by atoms with Crippen LogP contribution in [0.2, 0.25) is 0 Å². The lowest BCUT2D eigenvalue weighted by Crippen LogP contribution is -2.05. The third-order valence-corrected chi connectivity index (χ3v) is 3.06. The van der Waals surface area contributed by atoms with Gasteiger partial charge in [-0.1, -0.05) is 11.3 Å². The van der Waals surface area contributed by atoms with Gasteiger partial charge in [0.15, 0.2) is 5.82 Å². The van der Waals surface area contributed by atoms with Gasteiger partial charge in [-0.3, -0.25) is 4.79 Å². The van der Waals surface area contributed by atoms with Gasteiger partial charge in [-0.05, 0) is 6.07 Å². The van der Waals surface area contributed by atoms with Crippen LogP contribution >= 0.6 is 11.3 Å². The second-order valence-corrected chi connectivity index (χ2v) is 4.31. The van der Waals surface area contributed by atoms with Crippen molar-refractivity contribution in [2.75, 3.05) is 5.32 Å². The van der Waals surface area contributed by atoms with Crippen molar-refractivity contribution in [1.82, 2.24) is 19.6 Å². The zero-order chi connectivity index (χ0) is 11.7. The molecule has 7 heteroatoms. The molecule has 0 saturated heterocycles. The minimum absolute atomic E-state index is 0.0441. The molecular formula is C10H9N5OS. The Balaban J connectivity index is 1.85. The lowest BCUT2D eigenvalue weighted by molar-refractivity contribution is 0.939. The van der Waals surface area contributed by atoms with Crippen molar-refractivity contribution in [3.05, 3.63) is 45.4 Å². The molecule has 0 radical (unpaired) electrons. The van der Waals surface area contributed by atoms with E-state index in [0.717, 1.165) is 28.4 Å². The third kappa shape index (κ3) is 1.92. The summed E-state index contributed by atoms with van der Waals surface area (Å²) in [6.45, 7) is 0.538. The quantitative estimate of drug-likeness (QED) is 0.726. The van der Waals surface area contributed by atoms with E-state index in [1.165, 1.54) is 0 Å². The molecule has 0 fully saturated rings. The fourth-order valence-electron chi connectivity index (χ4n) is 1.57. The molecule has 3 heterocycles. The minimum Gasteiger partial charge on any atom is -0.363 e. The topological polar surface area (TPSA) is 75.1 Å². The Kier molecular flexibility index (Phi) is 2.37. The number of hydrogen-bond acceptors (Lipinski definition) is 5. The van der Waals surface area contributed by atoms with Crippen LogP contribution in [0, 0.1) is 0 Å². The molecule has 0 aliphatic carbocycles. The number of rotatable bonds is 3. The molecule has 0 spiro atoms. The molecule has 3 aromatic rings. The Labute approximate surface area is 100.0 Å². The third-order valence-electron chi connectivity index (χ3n) is 2.34. The molecule has 2 N–H and O–H groups in total. The van der Waals surface area contributed by atoms with Gasteiger partial charge in [-0.15, -0.1) is 0 Å². The van der Waals surface area contributed by atoms with Gasteiger partial charge in [0, 0.05) is 23.5 Å². The van der Waals surface area contributed by atoms with Crippen molar-refractivity contribution in [2.45, 2.75) is 6.54 Å². The van der Waals surface area contributed by atoms with E-state index >= 15 is 0 Å². The predicted octanol–water partition coefficient (Wildman–Crippen LogP) is 1.09. The number of fused-ring (bicyclic) bond motifs is 1. The van der Waals surface area contributed by atoms with Gasteiger partial charge in [0.2, 0.25) is 0 Å². The molecule has 0 aromatic carbocycles. The van der Waals surface area contributed by atoms with Gasteiger partial charge >= 0.3 is 4.87 Å². The van der Waals surface area contributed by atoms with Crippen LogP contribution in [0.25, 0.3) is 5.52 Å². The van der Waals surface area contributed by atoms with Crippen LogP contribution in [-0.4, -0.2) is 19.6 Å². The van der Waals surface area contributed by atoms with Gasteiger partial charge in [0.25, 0.3) is 0 Å².